The van der Waals surface area contributed by atoms with E-state index in [9.17, 15) is 14.4 Å². The first kappa shape index (κ1) is 16.3. The van der Waals surface area contributed by atoms with Crippen molar-refractivity contribution >= 4 is 17.9 Å². The van der Waals surface area contributed by atoms with Gasteiger partial charge in [0.2, 0.25) is 5.91 Å². The zero-order valence-corrected chi connectivity index (χ0v) is 12.3. The standard InChI is InChI=1S/C13H23N3O4/c1-10(9-12(18)19)8-11(17)15-4-6-16(7-5-15)13(20)14(2)3/h10H,4-9H2,1-3H3,(H,18,19). The molecule has 7 nitrogen and oxygen atoms in total. The van der Waals surface area contributed by atoms with Crippen molar-refractivity contribution in [3.8, 4) is 0 Å². The van der Waals surface area contributed by atoms with Gasteiger partial charge in [0.15, 0.2) is 0 Å². The molecular formula is C13H23N3O4. The van der Waals surface area contributed by atoms with Crippen LogP contribution in [0.2, 0.25) is 0 Å². The van der Waals surface area contributed by atoms with Gasteiger partial charge in [-0.15, -0.1) is 0 Å². The summed E-state index contributed by atoms with van der Waals surface area (Å²) in [6.07, 6.45) is 0.249. The van der Waals surface area contributed by atoms with Gasteiger partial charge >= 0.3 is 12.0 Å². The predicted molar refractivity (Wildman–Crippen MR) is 73.3 cm³/mol. The molecule has 0 radical (unpaired) electrons. The molecule has 0 saturated carbocycles. The maximum Gasteiger partial charge on any atom is 0.319 e. The highest BCUT2D eigenvalue weighted by Gasteiger charge is 2.25. The van der Waals surface area contributed by atoms with Gasteiger partial charge in [-0.1, -0.05) is 6.92 Å². The quantitative estimate of drug-likeness (QED) is 0.806. The molecule has 1 N–H and O–H groups in total. The van der Waals surface area contributed by atoms with Crippen molar-refractivity contribution in [3.63, 3.8) is 0 Å². The minimum atomic E-state index is -0.883. The molecule has 1 aliphatic rings. The topological polar surface area (TPSA) is 81.2 Å². The van der Waals surface area contributed by atoms with E-state index in [4.69, 9.17) is 5.11 Å². The number of carboxylic acids is 1. The predicted octanol–water partition coefficient (Wildman–Crippen LogP) is 0.313. The molecule has 1 unspecified atom stereocenters. The van der Waals surface area contributed by atoms with E-state index in [1.165, 1.54) is 4.90 Å². The van der Waals surface area contributed by atoms with Crippen molar-refractivity contribution in [2.75, 3.05) is 40.3 Å². The van der Waals surface area contributed by atoms with Crippen LogP contribution < -0.4 is 0 Å². The molecular weight excluding hydrogens is 262 g/mol. The molecule has 0 spiro atoms. The molecule has 0 aromatic carbocycles. The second kappa shape index (κ2) is 7.12. The Bertz CT molecular complexity index is 376. The highest BCUT2D eigenvalue weighted by atomic mass is 16.4. The third kappa shape index (κ3) is 4.71. The molecule has 0 aromatic heterocycles. The molecule has 7 heteroatoms. The Labute approximate surface area is 119 Å². The average Bonchev–Trinajstić information content (AvgIpc) is 2.36. The minimum absolute atomic E-state index is 0.00478. The summed E-state index contributed by atoms with van der Waals surface area (Å²) in [6, 6.07) is -0.0451. The molecule has 20 heavy (non-hydrogen) atoms. The van der Waals surface area contributed by atoms with Crippen LogP contribution in [0, 0.1) is 5.92 Å². The van der Waals surface area contributed by atoms with E-state index < -0.39 is 5.97 Å². The van der Waals surface area contributed by atoms with E-state index >= 15 is 0 Å². The Morgan fingerprint density at radius 2 is 1.55 bits per heavy atom. The largest absolute Gasteiger partial charge is 0.481 e. The van der Waals surface area contributed by atoms with Gasteiger partial charge in [0.25, 0.3) is 0 Å². The first-order valence-electron chi connectivity index (χ1n) is 6.77. The van der Waals surface area contributed by atoms with Gasteiger partial charge in [0, 0.05) is 53.1 Å². The van der Waals surface area contributed by atoms with Crippen LogP contribution in [0.1, 0.15) is 19.8 Å². The normalized spacial score (nSPS) is 16.8. The lowest BCUT2D eigenvalue weighted by Crippen LogP contribution is -2.53. The van der Waals surface area contributed by atoms with Gasteiger partial charge in [-0.2, -0.15) is 0 Å². The van der Waals surface area contributed by atoms with Crippen molar-refractivity contribution in [1.82, 2.24) is 14.7 Å². The summed E-state index contributed by atoms with van der Waals surface area (Å²) in [5.41, 5.74) is 0. The number of carbonyl (C=O) groups is 3. The average molecular weight is 285 g/mol. The summed E-state index contributed by atoms with van der Waals surface area (Å²) in [5, 5.41) is 8.68. The van der Waals surface area contributed by atoms with Gasteiger partial charge in [-0.05, 0) is 5.92 Å². The van der Waals surface area contributed by atoms with E-state index in [1.54, 1.807) is 30.8 Å². The summed E-state index contributed by atoms with van der Waals surface area (Å²) in [5.74, 6) is -1.08. The number of carbonyl (C=O) groups excluding carboxylic acids is 2. The highest BCUT2D eigenvalue weighted by Crippen LogP contribution is 2.12. The maximum atomic E-state index is 12.0. The van der Waals surface area contributed by atoms with E-state index in [0.29, 0.717) is 26.2 Å². The Morgan fingerprint density at radius 1 is 1.05 bits per heavy atom. The molecule has 0 aliphatic carbocycles. The van der Waals surface area contributed by atoms with Gasteiger partial charge in [0.05, 0.1) is 0 Å². The Balaban J connectivity index is 2.39. The molecule has 0 aromatic rings. The Hall–Kier alpha value is -1.79. The first-order valence-corrected chi connectivity index (χ1v) is 6.77. The fraction of sp³-hybridized carbons (Fsp3) is 0.769. The van der Waals surface area contributed by atoms with E-state index in [2.05, 4.69) is 0 Å². The van der Waals surface area contributed by atoms with Crippen molar-refractivity contribution in [2.45, 2.75) is 19.8 Å². The fourth-order valence-electron chi connectivity index (χ4n) is 2.23. The lowest BCUT2D eigenvalue weighted by atomic mass is 10.0. The van der Waals surface area contributed by atoms with Crippen molar-refractivity contribution in [1.29, 1.82) is 0 Å². The van der Waals surface area contributed by atoms with Crippen molar-refractivity contribution in [3.05, 3.63) is 0 Å². The number of aliphatic carboxylic acids is 1. The first-order chi connectivity index (χ1) is 9.31. The third-order valence-corrected chi connectivity index (χ3v) is 3.33. The number of piperazine rings is 1. The molecule has 0 bridgehead atoms. The molecule has 114 valence electrons. The van der Waals surface area contributed by atoms with Gasteiger partial charge in [-0.25, -0.2) is 4.79 Å². The summed E-state index contributed by atoms with van der Waals surface area (Å²) in [4.78, 5) is 39.3. The van der Waals surface area contributed by atoms with Crippen LogP contribution in [0.25, 0.3) is 0 Å². The molecule has 1 saturated heterocycles. The second-order valence-corrected chi connectivity index (χ2v) is 5.45. The van der Waals surface area contributed by atoms with Crippen LogP contribution in [-0.4, -0.2) is 78.0 Å². The summed E-state index contributed by atoms with van der Waals surface area (Å²) in [6.45, 7) is 3.83. The Kier molecular flexibility index (Phi) is 5.79. The lowest BCUT2D eigenvalue weighted by molar-refractivity contribution is -0.138. The number of carboxylic acid groups (broad SMARTS) is 1. The molecule has 1 rings (SSSR count). The van der Waals surface area contributed by atoms with Crippen molar-refractivity contribution < 1.29 is 19.5 Å². The number of hydrogen-bond acceptors (Lipinski definition) is 3. The fourth-order valence-corrected chi connectivity index (χ4v) is 2.23. The van der Waals surface area contributed by atoms with Gasteiger partial charge in [-0.3, -0.25) is 9.59 Å². The van der Waals surface area contributed by atoms with Crippen LogP contribution in [0.4, 0.5) is 4.79 Å². The number of rotatable bonds is 4. The summed E-state index contributed by atoms with van der Waals surface area (Å²) >= 11 is 0. The van der Waals surface area contributed by atoms with Crippen molar-refractivity contribution in [2.24, 2.45) is 5.92 Å². The Morgan fingerprint density at radius 3 is 2.00 bits per heavy atom. The van der Waals surface area contributed by atoms with Crippen LogP contribution in [0.5, 0.6) is 0 Å². The maximum absolute atomic E-state index is 12.0. The van der Waals surface area contributed by atoms with E-state index in [-0.39, 0.29) is 30.7 Å². The monoisotopic (exact) mass is 285 g/mol. The SMILES string of the molecule is CC(CC(=O)O)CC(=O)N1CCN(C(=O)N(C)C)CC1. The molecule has 1 aliphatic heterocycles. The van der Waals surface area contributed by atoms with Crippen LogP contribution in [0.3, 0.4) is 0 Å². The molecule has 1 atom stereocenters. The number of amides is 3. The van der Waals surface area contributed by atoms with Crippen LogP contribution in [-0.2, 0) is 9.59 Å². The van der Waals surface area contributed by atoms with Gasteiger partial charge < -0.3 is 19.8 Å². The summed E-state index contributed by atoms with van der Waals surface area (Å²) in [7, 11) is 3.40. The minimum Gasteiger partial charge on any atom is -0.481 e. The van der Waals surface area contributed by atoms with Gasteiger partial charge in [0.1, 0.15) is 0 Å². The second-order valence-electron chi connectivity index (χ2n) is 5.45. The number of hydrogen-bond donors (Lipinski definition) is 1. The lowest BCUT2D eigenvalue weighted by Gasteiger charge is -2.36. The van der Waals surface area contributed by atoms with E-state index in [1.807, 2.05) is 0 Å². The molecule has 3 amide bonds. The van der Waals surface area contributed by atoms with Crippen LogP contribution in [0.15, 0.2) is 0 Å². The van der Waals surface area contributed by atoms with E-state index in [0.717, 1.165) is 0 Å². The molecule has 1 heterocycles. The number of nitrogens with zero attached hydrogens (tertiary/aromatic N) is 3. The smallest absolute Gasteiger partial charge is 0.319 e. The summed E-state index contributed by atoms with van der Waals surface area (Å²) < 4.78 is 0. The third-order valence-electron chi connectivity index (χ3n) is 3.33. The number of urea groups is 1. The zero-order chi connectivity index (χ0) is 15.3. The zero-order valence-electron chi connectivity index (χ0n) is 12.3. The van der Waals surface area contributed by atoms with Crippen LogP contribution >= 0.6 is 0 Å². The molecule has 1 fully saturated rings. The highest BCUT2D eigenvalue weighted by molar-refractivity contribution is 5.78.